The molecule has 9 aliphatic rings. The van der Waals surface area contributed by atoms with Crippen LogP contribution in [0.2, 0.25) is 0 Å². The van der Waals surface area contributed by atoms with E-state index in [0.717, 1.165) is 18.4 Å². The fraction of sp³-hybridized carbons (Fsp3) is 0.967. The largest absolute Gasteiger partial charge is 0.394 e. The molecule has 0 radical (unpaired) electrons. The summed E-state index contributed by atoms with van der Waals surface area (Å²) in [6, 6.07) is 0. The number of allylic oxidation sites excluding steroid dienone is 1. The maximum atomic E-state index is 12.8. The van der Waals surface area contributed by atoms with Crippen LogP contribution in [0.5, 0.6) is 0 Å². The van der Waals surface area contributed by atoms with Crippen LogP contribution in [-0.2, 0) is 47.4 Å². The fourth-order valence-corrected chi connectivity index (χ4v) is 17.1. The van der Waals surface area contributed by atoms with Crippen molar-refractivity contribution in [2.75, 3.05) is 33.0 Å². The molecule has 19 N–H and O–H groups in total. The van der Waals surface area contributed by atoms with Crippen molar-refractivity contribution in [2.24, 2.45) is 45.3 Å². The second-order valence-corrected chi connectivity index (χ2v) is 28.7. The lowest BCUT2D eigenvalue weighted by Crippen LogP contribution is -2.67. The monoisotopic (exact) mass is 1290 g/mol. The second-order valence-electron chi connectivity index (χ2n) is 28.7. The zero-order chi connectivity index (χ0) is 65.5. The van der Waals surface area contributed by atoms with E-state index in [4.69, 9.17) is 47.4 Å². The topological polar surface area (TPSA) is 477 Å². The number of aliphatic hydroxyl groups excluding tert-OH is 18. The molecule has 0 aromatic heterocycles. The molecule has 9 rings (SSSR count). The molecular formula is C60H102O29. The van der Waals surface area contributed by atoms with Crippen LogP contribution in [-0.4, -0.2) is 308 Å². The lowest BCUT2D eigenvalue weighted by Gasteiger charge is -2.67. The summed E-state index contributed by atoms with van der Waals surface area (Å²) in [5, 5.41) is 206. The van der Waals surface area contributed by atoms with Gasteiger partial charge in [0.2, 0.25) is 0 Å². The van der Waals surface area contributed by atoms with E-state index < -0.39 is 221 Å². The minimum absolute atomic E-state index is 0.0193. The van der Waals surface area contributed by atoms with Gasteiger partial charge < -0.3 is 144 Å². The van der Waals surface area contributed by atoms with Crippen molar-refractivity contribution < 1.29 is 144 Å². The van der Waals surface area contributed by atoms with Crippen molar-refractivity contribution in [3.8, 4) is 0 Å². The van der Waals surface area contributed by atoms with Crippen LogP contribution in [0.15, 0.2) is 11.6 Å². The van der Waals surface area contributed by atoms with Gasteiger partial charge in [0.15, 0.2) is 31.5 Å². The molecule has 0 aromatic carbocycles. The summed E-state index contributed by atoms with van der Waals surface area (Å²) in [4.78, 5) is 0. The summed E-state index contributed by atoms with van der Waals surface area (Å²) in [5.41, 5.74) is -2.41. The van der Waals surface area contributed by atoms with Crippen LogP contribution < -0.4 is 0 Å². The van der Waals surface area contributed by atoms with Crippen molar-refractivity contribution >= 4 is 0 Å². The molecular weight excluding hydrogens is 1180 g/mol. The Morgan fingerprint density at radius 1 is 0.517 bits per heavy atom. The molecule has 8 fully saturated rings. The van der Waals surface area contributed by atoms with E-state index in [-0.39, 0.29) is 40.9 Å². The van der Waals surface area contributed by atoms with Crippen LogP contribution in [0.3, 0.4) is 0 Å². The van der Waals surface area contributed by atoms with Gasteiger partial charge in [-0.15, -0.1) is 0 Å². The number of hydrogen-bond acceptors (Lipinski definition) is 29. The maximum Gasteiger partial charge on any atom is 0.187 e. The Kier molecular flexibility index (Phi) is 22.3. The smallest absolute Gasteiger partial charge is 0.187 e. The highest BCUT2D eigenvalue weighted by Crippen LogP contribution is 2.75. The molecule has 5 aliphatic heterocycles. The fourth-order valence-electron chi connectivity index (χ4n) is 17.1. The van der Waals surface area contributed by atoms with E-state index in [1.165, 1.54) is 13.8 Å². The second kappa shape index (κ2) is 27.6. The molecule has 4 unspecified atom stereocenters. The molecule has 4 aliphatic carbocycles. The zero-order valence-electron chi connectivity index (χ0n) is 51.8. The van der Waals surface area contributed by atoms with E-state index in [1.54, 1.807) is 0 Å². The minimum Gasteiger partial charge on any atom is -0.394 e. The predicted molar refractivity (Wildman–Crippen MR) is 300 cm³/mol. The van der Waals surface area contributed by atoms with E-state index in [9.17, 15) is 97.0 Å². The summed E-state index contributed by atoms with van der Waals surface area (Å²) >= 11 is 0. The summed E-state index contributed by atoms with van der Waals surface area (Å²) in [7, 11) is 0. The standard InChI is InChI=1S/C60H102O29/c1-23(9-13-35(57(4,5)79)87-55-50(44(74)38(68)29(20-63)84-55)89-54-48(78)49(40(70)30(21-64)83-54)88-53-47(77)42(72)37(67)28(19-62)82-53)24-15-16-58(6)32-12-10-25-26(60(32,8)33(65)17-59(24,58)7)11-14-34(56(25,2)3)86-52-46(76)43(73)39(69)31(85-52)22-80-51-45(75)41(71)36(66)27(18-61)81-51/h10,23-24,26-55,61-79H,9,11-22H2,1-8H3/t23-,24?,26?,27-,28-,29-,30-,31-,32?,33-,34+,35-,36-,37-,38-,39-,40-,41+,42+,43+,44+,45-,46-,47-,48-,49+,50-,51?,52+,53+,54+,55+,58+,59-,60+/m1/s1. The zero-order valence-corrected chi connectivity index (χ0v) is 51.8. The predicted octanol–water partition coefficient (Wildman–Crippen LogP) is -5.41. The van der Waals surface area contributed by atoms with E-state index >= 15 is 0 Å². The Morgan fingerprint density at radius 3 is 1.55 bits per heavy atom. The lowest BCUT2D eigenvalue weighted by molar-refractivity contribution is -0.390. The highest BCUT2D eigenvalue weighted by Gasteiger charge is 2.71. The van der Waals surface area contributed by atoms with Gasteiger partial charge in [-0.05, 0) is 99.7 Å². The van der Waals surface area contributed by atoms with Gasteiger partial charge in [-0.2, -0.15) is 0 Å². The van der Waals surface area contributed by atoms with Crippen molar-refractivity contribution in [1.82, 2.24) is 0 Å². The van der Waals surface area contributed by atoms with Crippen molar-refractivity contribution in [3.63, 3.8) is 0 Å². The molecule has 0 amide bonds. The van der Waals surface area contributed by atoms with Gasteiger partial charge in [0.05, 0.1) is 56.9 Å². The third kappa shape index (κ3) is 13.0. The first-order valence-electron chi connectivity index (χ1n) is 31.6. The molecule has 5 heterocycles. The van der Waals surface area contributed by atoms with Gasteiger partial charge >= 0.3 is 0 Å². The average molecular weight is 1290 g/mol. The van der Waals surface area contributed by atoms with Gasteiger partial charge in [-0.1, -0.05) is 53.2 Å². The molecule has 29 nitrogen and oxygen atoms in total. The Balaban J connectivity index is 0.867. The molecule has 516 valence electrons. The van der Waals surface area contributed by atoms with Crippen LogP contribution in [0, 0.1) is 45.3 Å². The molecule has 0 bridgehead atoms. The van der Waals surface area contributed by atoms with Crippen molar-refractivity contribution in [2.45, 2.75) is 284 Å². The highest BCUT2D eigenvalue weighted by molar-refractivity contribution is 5.32. The normalized spacial score (nSPS) is 51.8. The van der Waals surface area contributed by atoms with Crippen LogP contribution in [0.1, 0.15) is 107 Å². The van der Waals surface area contributed by atoms with Crippen LogP contribution in [0.4, 0.5) is 0 Å². The first-order chi connectivity index (χ1) is 41.7. The lowest BCUT2D eigenvalue weighted by atomic mass is 9.38. The van der Waals surface area contributed by atoms with Crippen LogP contribution >= 0.6 is 0 Å². The highest BCUT2D eigenvalue weighted by atomic mass is 16.8. The molecule has 5 saturated heterocycles. The SMILES string of the molecule is C[C@H](CC[C@@H](O[C@@H]1O[C@H](CO)[C@@H](O)[C@H](O)[C@H]1O[C@@H]1O[C@H](CO)[C@@H](O)[C@H](O[C@@H]2O[C@H](CO)[C@@H](O)[C@H](O)[C@H]2O)[C@H]1O)C(C)(C)O)C1CC[C@@]2(C)C3CC=C4C(CC[C@H](O[C@@H]5O[C@H](COC6O[C@H](CO)[C@@H](O)[C@H](O)[C@H]6O)[C@@H](O)[C@H](O)[C@H]5O)C4(C)C)[C@]3(C)[C@H](O)C[C@]12C. The first-order valence-corrected chi connectivity index (χ1v) is 31.6. The summed E-state index contributed by atoms with van der Waals surface area (Å²) in [6.07, 6.45) is -37.9. The molecule has 35 atom stereocenters. The molecule has 0 aromatic rings. The Morgan fingerprint density at radius 2 is 0.989 bits per heavy atom. The van der Waals surface area contributed by atoms with Gasteiger partial charge in [-0.25, -0.2) is 0 Å². The number of ether oxygens (including phenoxy) is 10. The quantitative estimate of drug-likeness (QED) is 0.0506. The Hall–Kier alpha value is -1.42. The van der Waals surface area contributed by atoms with E-state index in [1.807, 2.05) is 13.8 Å². The van der Waals surface area contributed by atoms with Gasteiger partial charge in [0.1, 0.15) is 122 Å². The van der Waals surface area contributed by atoms with E-state index in [2.05, 4.69) is 33.8 Å². The third-order valence-electron chi connectivity index (χ3n) is 22.9. The van der Waals surface area contributed by atoms with Gasteiger partial charge in [0, 0.05) is 10.8 Å². The molecule has 29 heteroatoms. The average Bonchev–Trinajstić information content (AvgIpc) is 1.68. The number of aliphatic hydroxyl groups is 19. The minimum atomic E-state index is -2.04. The number of fused-ring (bicyclic) bond motifs is 5. The Labute approximate surface area is 517 Å². The number of hydrogen-bond donors (Lipinski definition) is 19. The molecule has 0 spiro atoms. The van der Waals surface area contributed by atoms with Crippen molar-refractivity contribution in [1.29, 1.82) is 0 Å². The summed E-state index contributed by atoms with van der Waals surface area (Å²) in [5.74, 6) is 0.0330. The van der Waals surface area contributed by atoms with Crippen molar-refractivity contribution in [3.05, 3.63) is 11.6 Å². The summed E-state index contributed by atoms with van der Waals surface area (Å²) in [6.45, 7) is 12.4. The van der Waals surface area contributed by atoms with Gasteiger partial charge in [0.25, 0.3) is 0 Å². The van der Waals surface area contributed by atoms with Gasteiger partial charge in [-0.3, -0.25) is 0 Å². The number of rotatable bonds is 20. The first kappa shape index (κ1) is 71.9. The maximum absolute atomic E-state index is 12.8. The van der Waals surface area contributed by atoms with E-state index in [0.29, 0.717) is 32.1 Å². The molecule has 89 heavy (non-hydrogen) atoms. The summed E-state index contributed by atoms with van der Waals surface area (Å²) < 4.78 is 59.3. The molecule has 3 saturated carbocycles. The Bertz CT molecular complexity index is 2350. The third-order valence-corrected chi connectivity index (χ3v) is 22.9. The van der Waals surface area contributed by atoms with Crippen LogP contribution in [0.25, 0.3) is 0 Å².